The van der Waals surface area contributed by atoms with E-state index in [2.05, 4.69) is 16.8 Å². The molecule has 0 aliphatic heterocycles. The van der Waals surface area contributed by atoms with Crippen LogP contribution in [-0.2, 0) is 6.54 Å². The van der Waals surface area contributed by atoms with Gasteiger partial charge in [0.1, 0.15) is 0 Å². The van der Waals surface area contributed by atoms with Gasteiger partial charge in [0, 0.05) is 24.8 Å². The average Bonchev–Trinajstić information content (AvgIpc) is 2.28. The van der Waals surface area contributed by atoms with E-state index in [9.17, 15) is 0 Å². The minimum Gasteiger partial charge on any atom is -0.481 e. The summed E-state index contributed by atoms with van der Waals surface area (Å²) < 4.78 is 5.19. The highest BCUT2D eigenvalue weighted by Crippen LogP contribution is 2.15. The van der Waals surface area contributed by atoms with Crippen molar-refractivity contribution in [2.24, 2.45) is 5.73 Å². The second kappa shape index (κ2) is 6.40. The molecule has 0 fully saturated rings. The van der Waals surface area contributed by atoms with Crippen LogP contribution in [0.2, 0.25) is 0 Å². The van der Waals surface area contributed by atoms with Gasteiger partial charge >= 0.3 is 0 Å². The number of likely N-dealkylation sites (N-methyl/N-ethyl adjacent to an activating group) is 1. The number of rotatable bonds is 6. The van der Waals surface area contributed by atoms with Crippen molar-refractivity contribution in [3.8, 4) is 5.88 Å². The van der Waals surface area contributed by atoms with E-state index in [1.54, 1.807) is 13.3 Å². The number of thiocarbonyl (C=S) groups is 1. The van der Waals surface area contributed by atoms with Crippen LogP contribution in [0, 0.1) is 0 Å². The number of ether oxygens (including phenoxy) is 1. The van der Waals surface area contributed by atoms with Gasteiger partial charge in [-0.15, -0.1) is 0 Å². The summed E-state index contributed by atoms with van der Waals surface area (Å²) in [6.45, 7) is 4.31. The van der Waals surface area contributed by atoms with Gasteiger partial charge in [0.2, 0.25) is 5.88 Å². The second-order valence-corrected chi connectivity index (χ2v) is 3.97. The summed E-state index contributed by atoms with van der Waals surface area (Å²) in [4.78, 5) is 6.80. The first-order valence-corrected chi connectivity index (χ1v) is 5.56. The number of nitrogens with two attached hydrogens (primary N) is 1. The zero-order chi connectivity index (χ0) is 12.0. The molecule has 0 aliphatic carbocycles. The lowest BCUT2D eigenvalue weighted by Gasteiger charge is -2.20. The number of nitrogens with zero attached hydrogens (tertiary/aromatic N) is 2. The van der Waals surface area contributed by atoms with Gasteiger partial charge in [0.15, 0.2) is 0 Å². The molecular formula is C11H17N3OS. The van der Waals surface area contributed by atoms with E-state index in [0.29, 0.717) is 17.4 Å². The van der Waals surface area contributed by atoms with E-state index in [4.69, 9.17) is 22.7 Å². The van der Waals surface area contributed by atoms with Crippen LogP contribution in [0.15, 0.2) is 18.3 Å². The predicted octanol–water partition coefficient (Wildman–Crippen LogP) is 1.20. The van der Waals surface area contributed by atoms with E-state index in [-0.39, 0.29) is 0 Å². The molecule has 0 saturated heterocycles. The topological polar surface area (TPSA) is 51.4 Å². The monoisotopic (exact) mass is 239 g/mol. The van der Waals surface area contributed by atoms with Crippen molar-refractivity contribution in [1.82, 2.24) is 9.88 Å². The van der Waals surface area contributed by atoms with Gasteiger partial charge in [-0.3, -0.25) is 4.90 Å². The Morgan fingerprint density at radius 2 is 2.38 bits per heavy atom. The van der Waals surface area contributed by atoms with Crippen molar-refractivity contribution >= 4 is 17.2 Å². The van der Waals surface area contributed by atoms with Gasteiger partial charge in [0.25, 0.3) is 0 Å². The average molecular weight is 239 g/mol. The zero-order valence-electron chi connectivity index (χ0n) is 9.64. The molecule has 1 rings (SSSR count). The summed E-state index contributed by atoms with van der Waals surface area (Å²) in [6.07, 6.45) is 1.71. The summed E-state index contributed by atoms with van der Waals surface area (Å²) >= 11 is 4.90. The summed E-state index contributed by atoms with van der Waals surface area (Å²) in [7, 11) is 1.62. The van der Waals surface area contributed by atoms with E-state index in [1.165, 1.54) is 0 Å². The molecule has 88 valence electrons. The predicted molar refractivity (Wildman–Crippen MR) is 68.5 cm³/mol. The number of methoxy groups -OCH3 is 1. The number of hydrogen-bond acceptors (Lipinski definition) is 4. The Hall–Kier alpha value is -1.20. The van der Waals surface area contributed by atoms with E-state index < -0.39 is 0 Å². The quantitative estimate of drug-likeness (QED) is 0.756. The molecule has 2 N–H and O–H groups in total. The van der Waals surface area contributed by atoms with Crippen molar-refractivity contribution in [3.63, 3.8) is 0 Å². The summed E-state index contributed by atoms with van der Waals surface area (Å²) in [5, 5.41) is 0. The number of hydrogen-bond donors (Lipinski definition) is 1. The molecule has 1 aromatic heterocycles. The molecule has 0 saturated carbocycles. The Labute approximate surface area is 101 Å². The maximum atomic E-state index is 5.54. The van der Waals surface area contributed by atoms with Gasteiger partial charge in [-0.25, -0.2) is 4.98 Å². The molecule has 1 aromatic rings. The first-order valence-electron chi connectivity index (χ1n) is 5.16. The molecule has 1 heterocycles. The standard InChI is InChI=1S/C11H17N3OS/c1-3-14(8-10(12)16)7-9-5-4-6-13-11(9)15-2/h4-6H,3,7-8H2,1-2H3,(H2,12,16). The molecule has 0 amide bonds. The highest BCUT2D eigenvalue weighted by molar-refractivity contribution is 7.80. The Kier molecular flexibility index (Phi) is 5.14. The van der Waals surface area contributed by atoms with Gasteiger partial charge in [0.05, 0.1) is 12.1 Å². The van der Waals surface area contributed by atoms with Crippen LogP contribution in [0.3, 0.4) is 0 Å². The molecule has 0 unspecified atom stereocenters. The smallest absolute Gasteiger partial charge is 0.217 e. The lowest BCUT2D eigenvalue weighted by Crippen LogP contribution is -2.32. The molecule has 0 atom stereocenters. The van der Waals surface area contributed by atoms with Crippen LogP contribution < -0.4 is 10.5 Å². The van der Waals surface area contributed by atoms with Crippen molar-refractivity contribution < 1.29 is 4.74 Å². The molecular weight excluding hydrogens is 222 g/mol. The summed E-state index contributed by atoms with van der Waals surface area (Å²) in [5.74, 6) is 0.656. The Morgan fingerprint density at radius 1 is 1.62 bits per heavy atom. The first kappa shape index (κ1) is 12.9. The Bertz CT molecular complexity index is 357. The van der Waals surface area contributed by atoms with Crippen molar-refractivity contribution in [2.75, 3.05) is 20.2 Å². The lowest BCUT2D eigenvalue weighted by molar-refractivity contribution is 0.309. The fraction of sp³-hybridized carbons (Fsp3) is 0.455. The van der Waals surface area contributed by atoms with Gasteiger partial charge in [-0.2, -0.15) is 0 Å². The fourth-order valence-corrected chi connectivity index (χ4v) is 1.65. The molecule has 16 heavy (non-hydrogen) atoms. The second-order valence-electron chi connectivity index (χ2n) is 3.44. The first-order chi connectivity index (χ1) is 7.67. The maximum Gasteiger partial charge on any atom is 0.217 e. The Balaban J connectivity index is 2.73. The highest BCUT2D eigenvalue weighted by atomic mass is 32.1. The van der Waals surface area contributed by atoms with Crippen molar-refractivity contribution in [2.45, 2.75) is 13.5 Å². The largest absolute Gasteiger partial charge is 0.481 e. The zero-order valence-corrected chi connectivity index (χ0v) is 10.5. The summed E-state index contributed by atoms with van der Waals surface area (Å²) in [5.41, 5.74) is 6.58. The molecule has 0 radical (unpaired) electrons. The van der Waals surface area contributed by atoms with Crippen LogP contribution in [0.5, 0.6) is 5.88 Å². The molecule has 4 nitrogen and oxygen atoms in total. The molecule has 0 aromatic carbocycles. The third-order valence-corrected chi connectivity index (χ3v) is 2.39. The van der Waals surface area contributed by atoms with Crippen LogP contribution in [0.1, 0.15) is 12.5 Å². The van der Waals surface area contributed by atoms with Crippen LogP contribution in [-0.4, -0.2) is 35.1 Å². The van der Waals surface area contributed by atoms with E-state index in [1.807, 2.05) is 12.1 Å². The summed E-state index contributed by atoms with van der Waals surface area (Å²) in [6, 6.07) is 3.89. The fourth-order valence-electron chi connectivity index (χ4n) is 1.47. The van der Waals surface area contributed by atoms with Crippen molar-refractivity contribution in [3.05, 3.63) is 23.9 Å². The highest BCUT2D eigenvalue weighted by Gasteiger charge is 2.09. The van der Waals surface area contributed by atoms with Gasteiger partial charge in [-0.1, -0.05) is 25.2 Å². The SMILES string of the molecule is CCN(CC(N)=S)Cc1cccnc1OC. The lowest BCUT2D eigenvalue weighted by atomic mass is 10.2. The third kappa shape index (κ3) is 3.75. The maximum absolute atomic E-state index is 5.54. The normalized spacial score (nSPS) is 10.4. The van der Waals surface area contributed by atoms with Crippen LogP contribution in [0.25, 0.3) is 0 Å². The molecule has 0 aliphatic rings. The van der Waals surface area contributed by atoms with E-state index >= 15 is 0 Å². The number of pyridine rings is 1. The van der Waals surface area contributed by atoms with Crippen LogP contribution >= 0.6 is 12.2 Å². The minimum atomic E-state index is 0.504. The Morgan fingerprint density at radius 3 is 2.94 bits per heavy atom. The molecule has 0 bridgehead atoms. The number of aromatic nitrogens is 1. The third-order valence-electron chi connectivity index (χ3n) is 2.26. The van der Waals surface area contributed by atoms with Gasteiger partial charge in [-0.05, 0) is 12.6 Å². The minimum absolute atomic E-state index is 0.504. The van der Waals surface area contributed by atoms with Gasteiger partial charge < -0.3 is 10.5 Å². The molecule has 5 heteroatoms. The van der Waals surface area contributed by atoms with E-state index in [0.717, 1.165) is 18.7 Å². The van der Waals surface area contributed by atoms with Crippen LogP contribution in [0.4, 0.5) is 0 Å². The van der Waals surface area contributed by atoms with Crippen molar-refractivity contribution in [1.29, 1.82) is 0 Å². The molecule has 0 spiro atoms.